The van der Waals surface area contributed by atoms with E-state index in [9.17, 15) is 28.0 Å². The zero-order chi connectivity index (χ0) is 27.6. The van der Waals surface area contributed by atoms with E-state index in [1.165, 1.54) is 6.42 Å². The Hall–Kier alpha value is -0.700. The quantitative estimate of drug-likeness (QED) is 0.417. The number of fused-ring (bicyclic) bond motifs is 5. The number of carbonyl (C=O) groups is 1. The Labute approximate surface area is 229 Å². The van der Waals surface area contributed by atoms with Gasteiger partial charge < -0.3 is 15.1 Å². The predicted molar refractivity (Wildman–Crippen MR) is 147 cm³/mol. The Kier molecular flexibility index (Phi) is 7.80. The average molecular weight is 554 g/mol. The van der Waals surface area contributed by atoms with E-state index in [0.717, 1.165) is 51.4 Å². The average Bonchev–Trinajstić information content (AvgIpc) is 3.49. The lowest BCUT2D eigenvalue weighted by Crippen LogP contribution is -2.62. The fourth-order valence-corrected chi connectivity index (χ4v) is 11.6. The van der Waals surface area contributed by atoms with Crippen LogP contribution in [0.1, 0.15) is 98.3 Å². The van der Waals surface area contributed by atoms with Crippen LogP contribution in [0.3, 0.4) is 0 Å². The van der Waals surface area contributed by atoms with E-state index in [4.69, 9.17) is 0 Å². The number of aliphatic hydroxyl groups is 2. The fraction of sp³-hybridized carbons (Fsp3) is 0.967. The minimum atomic E-state index is -4.10. The maximum absolute atomic E-state index is 12.9. The van der Waals surface area contributed by atoms with Gasteiger partial charge in [0.15, 0.2) is 0 Å². The second-order valence-corrected chi connectivity index (χ2v) is 16.1. The monoisotopic (exact) mass is 553 g/mol. The van der Waals surface area contributed by atoms with Crippen molar-refractivity contribution in [3.05, 3.63) is 0 Å². The van der Waals surface area contributed by atoms with Gasteiger partial charge in [-0.15, -0.1) is 0 Å². The molecule has 12 atom stereocenters. The number of carbonyl (C=O) groups excluding carboxylic acids is 1. The minimum absolute atomic E-state index is 0.00153. The number of hydrogen-bond acceptors (Lipinski definition) is 5. The summed E-state index contributed by atoms with van der Waals surface area (Å²) in [6, 6.07) is 0. The first kappa shape index (κ1) is 28.8. The Morgan fingerprint density at radius 1 is 1.00 bits per heavy atom. The summed E-state index contributed by atoms with van der Waals surface area (Å²) < 4.78 is 32.3. The standard InChI is InChI=1S/C30H51NO6S/c1-5-21-25-16-19(32)10-13-30(25,4)24-11-14-29(3)22(7-8-23(29)27(24)28(21)34)18(2)6-9-26(33)31-15-12-20(17-31)38(35,36)37/h18-25,27-28,32,34H,5-17H2,1-4H3,(H,35,36,37). The normalized spacial score (nSPS) is 47.8. The van der Waals surface area contributed by atoms with E-state index >= 15 is 0 Å². The maximum atomic E-state index is 12.9. The molecule has 1 aliphatic heterocycles. The molecule has 218 valence electrons. The largest absolute Gasteiger partial charge is 0.393 e. The summed E-state index contributed by atoms with van der Waals surface area (Å²) >= 11 is 0. The SMILES string of the molecule is CCC1C(O)C2C3CCC(C(C)CCC(=O)N4CCC(S(=O)(=O)O)C4)C3(C)CCC2C2(C)CCC(O)CC12. The first-order valence-electron chi connectivity index (χ1n) is 15.4. The second kappa shape index (κ2) is 10.3. The van der Waals surface area contributed by atoms with Crippen LogP contribution in [0.5, 0.6) is 0 Å². The molecule has 0 radical (unpaired) electrons. The highest BCUT2D eigenvalue weighted by atomic mass is 32.2. The lowest BCUT2D eigenvalue weighted by molar-refractivity contribution is -0.203. The lowest BCUT2D eigenvalue weighted by atomic mass is 9.41. The van der Waals surface area contributed by atoms with Gasteiger partial charge in [-0.05, 0) is 110 Å². The predicted octanol–water partition coefficient (Wildman–Crippen LogP) is 4.52. The number of hydrogen-bond donors (Lipinski definition) is 3. The molecule has 4 aliphatic carbocycles. The van der Waals surface area contributed by atoms with E-state index in [1.54, 1.807) is 4.90 Å². The summed E-state index contributed by atoms with van der Waals surface area (Å²) in [7, 11) is -4.10. The second-order valence-electron chi connectivity index (χ2n) is 14.4. The number of nitrogens with zero attached hydrogens (tertiary/aromatic N) is 1. The molecule has 0 aromatic heterocycles. The summed E-state index contributed by atoms with van der Waals surface area (Å²) in [5.74, 6) is 2.95. The molecule has 1 heterocycles. The summed E-state index contributed by atoms with van der Waals surface area (Å²) in [5, 5.41) is 21.5. The van der Waals surface area contributed by atoms with Crippen molar-refractivity contribution in [1.82, 2.24) is 4.90 Å². The molecular weight excluding hydrogens is 502 g/mol. The van der Waals surface area contributed by atoms with Gasteiger partial charge in [0.1, 0.15) is 5.25 Å². The highest BCUT2D eigenvalue weighted by Crippen LogP contribution is 2.69. The smallest absolute Gasteiger partial charge is 0.269 e. The van der Waals surface area contributed by atoms with Gasteiger partial charge in [0.25, 0.3) is 10.1 Å². The van der Waals surface area contributed by atoms with E-state index in [1.807, 2.05) is 0 Å². The molecule has 8 heteroatoms. The summed E-state index contributed by atoms with van der Waals surface area (Å²) in [6.07, 6.45) is 9.42. The van der Waals surface area contributed by atoms with E-state index in [2.05, 4.69) is 27.7 Å². The van der Waals surface area contributed by atoms with E-state index < -0.39 is 15.4 Å². The number of amides is 1. The third-order valence-electron chi connectivity index (χ3n) is 12.9. The van der Waals surface area contributed by atoms with Gasteiger partial charge in [-0.25, -0.2) is 0 Å². The number of likely N-dealkylation sites (tertiary alicyclic amines) is 1. The molecular formula is C30H51NO6S. The number of aliphatic hydroxyl groups excluding tert-OH is 2. The van der Waals surface area contributed by atoms with Crippen LogP contribution in [0.15, 0.2) is 0 Å². The Morgan fingerprint density at radius 3 is 2.34 bits per heavy atom. The van der Waals surface area contributed by atoms with Crippen LogP contribution in [-0.2, 0) is 14.9 Å². The zero-order valence-electron chi connectivity index (χ0n) is 23.9. The van der Waals surface area contributed by atoms with Crippen LogP contribution < -0.4 is 0 Å². The lowest BCUT2D eigenvalue weighted by Gasteiger charge is -2.64. The maximum Gasteiger partial charge on any atom is 0.269 e. The first-order chi connectivity index (χ1) is 17.8. The highest BCUT2D eigenvalue weighted by molar-refractivity contribution is 7.86. The molecule has 3 N–H and O–H groups in total. The van der Waals surface area contributed by atoms with Crippen LogP contribution in [0.4, 0.5) is 0 Å². The van der Waals surface area contributed by atoms with Crippen molar-refractivity contribution in [2.24, 2.45) is 52.3 Å². The molecule has 0 aromatic rings. The third-order valence-corrected chi connectivity index (χ3v) is 14.1. The Morgan fingerprint density at radius 2 is 1.68 bits per heavy atom. The van der Waals surface area contributed by atoms with Gasteiger partial charge in [0, 0.05) is 19.5 Å². The zero-order valence-corrected chi connectivity index (χ0v) is 24.7. The van der Waals surface area contributed by atoms with Crippen molar-refractivity contribution in [2.45, 2.75) is 116 Å². The highest BCUT2D eigenvalue weighted by Gasteiger charge is 2.64. The van der Waals surface area contributed by atoms with Crippen molar-refractivity contribution in [3.8, 4) is 0 Å². The van der Waals surface area contributed by atoms with Crippen LogP contribution in [-0.4, -0.2) is 64.5 Å². The van der Waals surface area contributed by atoms with Crippen molar-refractivity contribution in [1.29, 1.82) is 0 Å². The molecule has 1 saturated heterocycles. The van der Waals surface area contributed by atoms with Crippen LogP contribution in [0.25, 0.3) is 0 Å². The molecule has 1 amide bonds. The first-order valence-corrected chi connectivity index (χ1v) is 16.9. The number of rotatable bonds is 6. The van der Waals surface area contributed by atoms with Crippen LogP contribution >= 0.6 is 0 Å². The van der Waals surface area contributed by atoms with Crippen molar-refractivity contribution >= 4 is 16.0 Å². The molecule has 0 bridgehead atoms. The molecule has 5 fully saturated rings. The van der Waals surface area contributed by atoms with Gasteiger partial charge in [-0.1, -0.05) is 34.1 Å². The molecule has 5 aliphatic rings. The molecule has 5 rings (SSSR count). The summed E-state index contributed by atoms with van der Waals surface area (Å²) in [4.78, 5) is 14.5. The van der Waals surface area contributed by atoms with Crippen molar-refractivity contribution in [3.63, 3.8) is 0 Å². The molecule has 38 heavy (non-hydrogen) atoms. The van der Waals surface area contributed by atoms with Crippen LogP contribution in [0.2, 0.25) is 0 Å². The van der Waals surface area contributed by atoms with E-state index in [-0.39, 0.29) is 41.4 Å². The topological polar surface area (TPSA) is 115 Å². The molecule has 12 unspecified atom stereocenters. The van der Waals surface area contributed by atoms with Crippen molar-refractivity contribution < 1.29 is 28.0 Å². The van der Waals surface area contributed by atoms with Gasteiger partial charge >= 0.3 is 0 Å². The summed E-state index contributed by atoms with van der Waals surface area (Å²) in [5.41, 5.74) is 0.376. The molecule has 0 aromatic carbocycles. The molecule has 7 nitrogen and oxygen atoms in total. The Balaban J connectivity index is 1.27. The minimum Gasteiger partial charge on any atom is -0.393 e. The van der Waals surface area contributed by atoms with Crippen molar-refractivity contribution in [2.75, 3.05) is 13.1 Å². The summed E-state index contributed by atoms with van der Waals surface area (Å²) in [6.45, 7) is 9.95. The molecule has 0 spiro atoms. The molecule has 4 saturated carbocycles. The Bertz CT molecular complexity index is 1000. The van der Waals surface area contributed by atoms with Gasteiger partial charge in [-0.2, -0.15) is 8.42 Å². The van der Waals surface area contributed by atoms with Gasteiger partial charge in [0.05, 0.1) is 12.2 Å². The van der Waals surface area contributed by atoms with Gasteiger partial charge in [0.2, 0.25) is 5.91 Å². The third kappa shape index (κ3) is 4.67. The van der Waals surface area contributed by atoms with Gasteiger partial charge in [-0.3, -0.25) is 9.35 Å². The van der Waals surface area contributed by atoms with E-state index in [0.29, 0.717) is 54.9 Å². The fourth-order valence-electron chi connectivity index (χ4n) is 10.8. The van der Waals surface area contributed by atoms with Crippen LogP contribution in [0, 0.1) is 52.3 Å².